The normalized spacial score (nSPS) is 18.3. The molecule has 1 saturated carbocycles. The number of rotatable bonds is 1. The summed E-state index contributed by atoms with van der Waals surface area (Å²) in [5, 5.41) is 2.88. The molecule has 0 N–H and O–H groups in total. The maximum Gasteiger partial charge on any atom is 0.221 e. The van der Waals surface area contributed by atoms with Crippen molar-refractivity contribution < 1.29 is 4.57 Å². The average molecular weight is 343 g/mol. The highest BCUT2D eigenvalue weighted by atomic mass is 14.9. The highest BCUT2D eigenvalue weighted by molar-refractivity contribution is 6.01. The van der Waals surface area contributed by atoms with Crippen LogP contribution in [-0.4, -0.2) is 0 Å². The van der Waals surface area contributed by atoms with E-state index in [0.29, 0.717) is 0 Å². The van der Waals surface area contributed by atoms with Crippen LogP contribution in [0.3, 0.4) is 0 Å². The first kappa shape index (κ1) is 16.1. The quantitative estimate of drug-likeness (QED) is 0.482. The van der Waals surface area contributed by atoms with Gasteiger partial charge in [-0.05, 0) is 53.3 Å². The molecule has 1 heteroatoms. The maximum atomic E-state index is 2.55. The first-order valence-corrected chi connectivity index (χ1v) is 10.1. The van der Waals surface area contributed by atoms with Crippen molar-refractivity contribution in [3.8, 4) is 11.3 Å². The van der Waals surface area contributed by atoms with Crippen molar-refractivity contribution in [1.29, 1.82) is 0 Å². The number of hydrogen-bond donors (Lipinski definition) is 0. The van der Waals surface area contributed by atoms with Crippen LogP contribution in [0, 0.1) is 6.92 Å². The van der Waals surface area contributed by atoms with Crippen molar-refractivity contribution in [1.82, 2.24) is 0 Å². The van der Waals surface area contributed by atoms with Gasteiger partial charge in [0.05, 0.1) is 10.9 Å². The van der Waals surface area contributed by atoms with Gasteiger partial charge in [-0.15, -0.1) is 0 Å². The molecule has 1 fully saturated rings. The molecule has 0 radical (unpaired) electrons. The number of hydrogen-bond acceptors (Lipinski definition) is 0. The summed E-state index contributed by atoms with van der Waals surface area (Å²) in [7, 11) is 2.19. The van der Waals surface area contributed by atoms with Gasteiger partial charge < -0.3 is 0 Å². The van der Waals surface area contributed by atoms with Gasteiger partial charge in [0.2, 0.25) is 5.69 Å². The Morgan fingerprint density at radius 2 is 1.77 bits per heavy atom. The Balaban J connectivity index is 1.92. The molecule has 5 rings (SSSR count). The van der Waals surface area contributed by atoms with Crippen LogP contribution in [0.25, 0.3) is 22.0 Å². The molecule has 0 saturated heterocycles. The van der Waals surface area contributed by atoms with Crippen LogP contribution >= 0.6 is 0 Å². The van der Waals surface area contributed by atoms with Crippen LogP contribution in [0.4, 0.5) is 0 Å². The van der Waals surface area contributed by atoms with Crippen LogP contribution in [0.2, 0.25) is 0 Å². The number of pyridine rings is 1. The molecule has 26 heavy (non-hydrogen) atoms. The van der Waals surface area contributed by atoms with E-state index in [2.05, 4.69) is 75.0 Å². The van der Waals surface area contributed by atoms with Crippen molar-refractivity contribution in [2.45, 2.75) is 57.8 Å². The standard InChI is InChI=1S/C25H28N/c1-16-8-7-11-20-22(16)24-23-18(12-13-26(24)4)14-19(17-9-5-6-10-17)15-21(23)25(20,2)3/h7-8,11-15,17H,5-6,9-10H2,1-4H3/q+1. The summed E-state index contributed by atoms with van der Waals surface area (Å²) in [6, 6.07) is 14.2. The molecule has 2 aromatic carbocycles. The van der Waals surface area contributed by atoms with E-state index in [9.17, 15) is 0 Å². The largest absolute Gasteiger partial charge is 0.221 e. The molecular weight excluding hydrogens is 314 g/mol. The van der Waals surface area contributed by atoms with Gasteiger partial charge in [0.1, 0.15) is 7.05 Å². The second-order valence-electron chi connectivity index (χ2n) is 8.91. The summed E-state index contributed by atoms with van der Waals surface area (Å²) in [5.74, 6) is 0.753. The Bertz CT molecular complexity index is 1040. The van der Waals surface area contributed by atoms with Crippen molar-refractivity contribution in [2.24, 2.45) is 7.05 Å². The predicted molar refractivity (Wildman–Crippen MR) is 109 cm³/mol. The highest BCUT2D eigenvalue weighted by Gasteiger charge is 2.38. The van der Waals surface area contributed by atoms with Gasteiger partial charge in [-0.2, -0.15) is 0 Å². The molecule has 1 heterocycles. The first-order chi connectivity index (χ1) is 12.5. The molecule has 0 aliphatic heterocycles. The van der Waals surface area contributed by atoms with Crippen LogP contribution in [0.1, 0.15) is 67.7 Å². The number of nitrogens with zero attached hydrogens (tertiary/aromatic N) is 1. The fourth-order valence-electron chi connectivity index (χ4n) is 5.46. The minimum atomic E-state index is 0.0373. The average Bonchev–Trinajstić information content (AvgIpc) is 3.15. The maximum absolute atomic E-state index is 2.55. The van der Waals surface area contributed by atoms with Crippen molar-refractivity contribution in [2.75, 3.05) is 0 Å². The summed E-state index contributed by atoms with van der Waals surface area (Å²) in [4.78, 5) is 0. The second kappa shape index (κ2) is 5.42. The van der Waals surface area contributed by atoms with Gasteiger partial charge in [-0.1, -0.05) is 57.0 Å². The number of fused-ring (bicyclic) bond motifs is 2. The fraction of sp³-hybridized carbons (Fsp3) is 0.400. The summed E-state index contributed by atoms with van der Waals surface area (Å²) in [6.07, 6.45) is 7.73. The minimum Gasteiger partial charge on any atom is -0.200 e. The van der Waals surface area contributed by atoms with E-state index in [0.717, 1.165) is 5.92 Å². The van der Waals surface area contributed by atoms with Crippen LogP contribution < -0.4 is 4.57 Å². The van der Waals surface area contributed by atoms with E-state index in [1.54, 1.807) is 5.56 Å². The second-order valence-corrected chi connectivity index (χ2v) is 8.91. The first-order valence-electron chi connectivity index (χ1n) is 10.1. The number of aryl methyl sites for hydroxylation is 2. The molecule has 1 nitrogen and oxygen atoms in total. The summed E-state index contributed by atoms with van der Waals surface area (Å²) in [6.45, 7) is 7.08. The Morgan fingerprint density at radius 3 is 2.54 bits per heavy atom. The zero-order valence-electron chi connectivity index (χ0n) is 16.4. The molecule has 0 bridgehead atoms. The van der Waals surface area contributed by atoms with Crippen molar-refractivity contribution >= 4 is 10.8 Å². The molecule has 0 atom stereocenters. The van der Waals surface area contributed by atoms with Gasteiger partial charge in [-0.25, -0.2) is 4.57 Å². The molecule has 132 valence electrons. The predicted octanol–water partition coefficient (Wildman–Crippen LogP) is 5.94. The molecule has 2 aliphatic rings. The molecule has 0 unspecified atom stereocenters. The SMILES string of the molecule is Cc1cccc2c1-c1c3c(cc(C4CCCC4)cc3cc[n+]1C)C2(C)C. The van der Waals surface area contributed by atoms with Crippen LogP contribution in [0.5, 0.6) is 0 Å². The van der Waals surface area contributed by atoms with Crippen LogP contribution in [0.15, 0.2) is 42.6 Å². The van der Waals surface area contributed by atoms with Gasteiger partial charge in [0.25, 0.3) is 0 Å². The molecule has 3 aromatic rings. The smallest absolute Gasteiger partial charge is 0.200 e. The van der Waals surface area contributed by atoms with Gasteiger partial charge >= 0.3 is 0 Å². The third kappa shape index (κ3) is 2.06. The lowest BCUT2D eigenvalue weighted by molar-refractivity contribution is -0.659. The molecule has 0 spiro atoms. The molecule has 0 amide bonds. The Morgan fingerprint density at radius 1 is 1.00 bits per heavy atom. The summed E-state index contributed by atoms with van der Waals surface area (Å²) < 4.78 is 2.32. The van der Waals surface area contributed by atoms with E-state index in [-0.39, 0.29) is 5.41 Å². The Kier molecular flexibility index (Phi) is 3.35. The monoisotopic (exact) mass is 342 g/mol. The lowest BCUT2D eigenvalue weighted by Crippen LogP contribution is -2.36. The minimum absolute atomic E-state index is 0.0373. The Hall–Kier alpha value is -2.15. The van der Waals surface area contributed by atoms with E-state index in [4.69, 9.17) is 0 Å². The Labute approximate surface area is 156 Å². The molecule has 1 aromatic heterocycles. The molecule has 2 aliphatic carbocycles. The number of benzene rings is 2. The van der Waals surface area contributed by atoms with E-state index < -0.39 is 0 Å². The lowest BCUT2D eigenvalue weighted by Gasteiger charge is -2.35. The number of aromatic nitrogens is 1. The van der Waals surface area contributed by atoms with E-state index in [1.807, 2.05) is 0 Å². The zero-order chi connectivity index (χ0) is 18.1. The van der Waals surface area contributed by atoms with E-state index >= 15 is 0 Å². The van der Waals surface area contributed by atoms with Crippen molar-refractivity contribution in [3.05, 3.63) is 64.8 Å². The summed E-state index contributed by atoms with van der Waals surface area (Å²) >= 11 is 0. The van der Waals surface area contributed by atoms with Gasteiger partial charge in [0, 0.05) is 11.5 Å². The fourth-order valence-corrected chi connectivity index (χ4v) is 5.46. The highest BCUT2D eigenvalue weighted by Crippen LogP contribution is 2.49. The third-order valence-corrected chi connectivity index (χ3v) is 6.94. The molecular formula is C25H28N+. The summed E-state index contributed by atoms with van der Waals surface area (Å²) in [5.41, 5.74) is 8.79. The van der Waals surface area contributed by atoms with E-state index in [1.165, 1.54) is 64.4 Å². The zero-order valence-corrected chi connectivity index (χ0v) is 16.4. The van der Waals surface area contributed by atoms with Gasteiger partial charge in [0.15, 0.2) is 6.20 Å². The topological polar surface area (TPSA) is 3.88 Å². The lowest BCUT2D eigenvalue weighted by atomic mass is 9.68. The third-order valence-electron chi connectivity index (χ3n) is 6.94. The van der Waals surface area contributed by atoms with Crippen molar-refractivity contribution in [3.63, 3.8) is 0 Å². The van der Waals surface area contributed by atoms with Crippen LogP contribution in [-0.2, 0) is 12.5 Å². The van der Waals surface area contributed by atoms with Gasteiger partial charge in [-0.3, -0.25) is 0 Å².